The summed E-state index contributed by atoms with van der Waals surface area (Å²) in [5, 5.41) is 26.8. The van der Waals surface area contributed by atoms with Gasteiger partial charge < -0.3 is 24.8 Å². The molecule has 2 saturated heterocycles. The number of aromatic nitrogens is 5. The van der Waals surface area contributed by atoms with Gasteiger partial charge in [-0.25, -0.2) is 14.4 Å². The minimum absolute atomic E-state index is 0.178. The summed E-state index contributed by atoms with van der Waals surface area (Å²) in [6, 6.07) is 7.24. The van der Waals surface area contributed by atoms with E-state index in [1.165, 1.54) is 18.2 Å². The molecular weight excluding hydrogens is 507 g/mol. The fourth-order valence-corrected chi connectivity index (χ4v) is 4.68. The van der Waals surface area contributed by atoms with Crippen molar-refractivity contribution in [2.24, 2.45) is 0 Å². The number of nitrogens with one attached hydrogen (secondary N) is 1. The third-order valence-corrected chi connectivity index (χ3v) is 6.78. The van der Waals surface area contributed by atoms with E-state index >= 15 is 0 Å². The van der Waals surface area contributed by atoms with Crippen LogP contribution in [0.2, 0.25) is 0 Å². The molecule has 5 rings (SSSR count). The summed E-state index contributed by atoms with van der Waals surface area (Å²) < 4.78 is 28.0. The quantitative estimate of drug-likeness (QED) is 0.460. The number of hydrogen-bond acceptors (Lipinski definition) is 10. The number of aliphatic hydroxyl groups is 1. The van der Waals surface area contributed by atoms with Gasteiger partial charge in [0.05, 0.1) is 30.0 Å². The summed E-state index contributed by atoms with van der Waals surface area (Å²) in [6.07, 6.45) is 3.58. The SMILES string of the molecule is C[C@H](O)C(=O)N1CC[C@H](Oc2ccc(-c3ncnc(Nc4cnn(C5CCOCC5)c4)n3)cc2C#N)[C@@H](F)C1. The Hall–Kier alpha value is -4.15. The number of halogens is 1. The van der Waals surface area contributed by atoms with E-state index in [1.54, 1.807) is 24.4 Å². The number of amides is 1. The molecular formula is C26H29FN8O4. The molecule has 13 heteroatoms. The van der Waals surface area contributed by atoms with E-state index in [2.05, 4.69) is 31.4 Å². The number of anilines is 2. The molecule has 0 bridgehead atoms. The number of piperidine rings is 1. The average molecular weight is 537 g/mol. The first-order valence-electron chi connectivity index (χ1n) is 12.8. The highest BCUT2D eigenvalue weighted by atomic mass is 19.1. The van der Waals surface area contributed by atoms with Gasteiger partial charge in [-0.15, -0.1) is 0 Å². The number of carbonyl (C=O) groups is 1. The van der Waals surface area contributed by atoms with Crippen molar-refractivity contribution in [1.29, 1.82) is 5.26 Å². The number of hydrogen-bond donors (Lipinski definition) is 2. The molecule has 3 aromatic rings. The average Bonchev–Trinajstić information content (AvgIpc) is 3.43. The van der Waals surface area contributed by atoms with E-state index < -0.39 is 24.3 Å². The lowest BCUT2D eigenvalue weighted by Gasteiger charge is -2.35. The Morgan fingerprint density at radius 3 is 2.87 bits per heavy atom. The van der Waals surface area contributed by atoms with E-state index in [4.69, 9.17) is 9.47 Å². The topological polar surface area (TPSA) is 151 Å². The number of rotatable bonds is 7. The molecule has 0 saturated carbocycles. The van der Waals surface area contributed by atoms with Gasteiger partial charge in [0.2, 0.25) is 5.95 Å². The second-order valence-corrected chi connectivity index (χ2v) is 9.55. The molecule has 0 spiro atoms. The van der Waals surface area contributed by atoms with Crippen LogP contribution < -0.4 is 10.1 Å². The molecule has 0 aliphatic carbocycles. The molecule has 0 radical (unpaired) electrons. The predicted octanol–water partition coefficient (Wildman–Crippen LogP) is 2.40. The second kappa shape index (κ2) is 11.7. The van der Waals surface area contributed by atoms with Crippen LogP contribution in [0.1, 0.15) is 37.8 Å². The van der Waals surface area contributed by atoms with Crippen molar-refractivity contribution in [1.82, 2.24) is 29.6 Å². The number of ether oxygens (including phenoxy) is 2. The fraction of sp³-hybridized carbons (Fsp3) is 0.462. The van der Waals surface area contributed by atoms with Crippen LogP contribution in [0, 0.1) is 11.3 Å². The highest BCUT2D eigenvalue weighted by molar-refractivity contribution is 5.80. The van der Waals surface area contributed by atoms with E-state index in [-0.39, 0.29) is 30.8 Å². The standard InChI is InChI=1S/C26H29FN8O4/c1-16(36)25(37)34-7-4-23(21(27)14-34)39-22-3-2-17(10-18(22)11-28)24-29-15-30-26(33-24)32-19-12-31-35(13-19)20-5-8-38-9-6-20/h2-3,10,12-13,15-16,20-21,23,36H,4-9,14H2,1H3,(H,29,30,32,33)/t16-,21-,23-/m0/s1. The lowest BCUT2D eigenvalue weighted by molar-refractivity contribution is -0.143. The highest BCUT2D eigenvalue weighted by Crippen LogP contribution is 2.29. The Labute approximate surface area is 224 Å². The Morgan fingerprint density at radius 2 is 2.13 bits per heavy atom. The summed E-state index contributed by atoms with van der Waals surface area (Å²) in [6.45, 7) is 2.87. The number of nitriles is 1. The minimum Gasteiger partial charge on any atom is -0.486 e. The molecule has 39 heavy (non-hydrogen) atoms. The molecule has 1 aromatic carbocycles. The first kappa shape index (κ1) is 26.5. The van der Waals surface area contributed by atoms with E-state index in [1.807, 2.05) is 10.9 Å². The number of nitrogens with zero attached hydrogens (tertiary/aromatic N) is 7. The molecule has 2 aliphatic rings. The van der Waals surface area contributed by atoms with Crippen molar-refractivity contribution in [2.75, 3.05) is 31.6 Å². The summed E-state index contributed by atoms with van der Waals surface area (Å²) in [4.78, 5) is 26.2. The van der Waals surface area contributed by atoms with Crippen LogP contribution in [-0.4, -0.2) is 85.3 Å². The van der Waals surface area contributed by atoms with Crippen molar-refractivity contribution in [3.63, 3.8) is 0 Å². The smallest absolute Gasteiger partial charge is 0.251 e. The molecule has 2 fully saturated rings. The largest absolute Gasteiger partial charge is 0.486 e. The number of likely N-dealkylation sites (tertiary alicyclic amines) is 1. The number of benzene rings is 1. The molecule has 2 aromatic heterocycles. The predicted molar refractivity (Wildman–Crippen MR) is 137 cm³/mol. The Kier molecular flexibility index (Phi) is 7.94. The maximum atomic E-state index is 14.8. The first-order chi connectivity index (χ1) is 18.9. The Bertz CT molecular complexity index is 1350. The maximum Gasteiger partial charge on any atom is 0.251 e. The lowest BCUT2D eigenvalue weighted by Crippen LogP contribution is -2.51. The van der Waals surface area contributed by atoms with Crippen molar-refractivity contribution in [3.05, 3.63) is 42.5 Å². The van der Waals surface area contributed by atoms with Crippen molar-refractivity contribution in [2.45, 2.75) is 50.6 Å². The summed E-state index contributed by atoms with van der Waals surface area (Å²) in [5.41, 5.74) is 1.51. The maximum absolute atomic E-state index is 14.8. The normalized spacial score (nSPS) is 20.7. The Morgan fingerprint density at radius 1 is 1.31 bits per heavy atom. The van der Waals surface area contributed by atoms with Gasteiger partial charge in [0, 0.05) is 37.9 Å². The van der Waals surface area contributed by atoms with Crippen molar-refractivity contribution >= 4 is 17.5 Å². The number of carbonyl (C=O) groups excluding carboxylic acids is 1. The van der Waals surface area contributed by atoms with Gasteiger partial charge in [0.25, 0.3) is 5.91 Å². The fourth-order valence-electron chi connectivity index (χ4n) is 4.68. The number of aliphatic hydroxyl groups excluding tert-OH is 1. The van der Waals surface area contributed by atoms with E-state index in [0.717, 1.165) is 31.7 Å². The van der Waals surface area contributed by atoms with Crippen molar-refractivity contribution in [3.8, 4) is 23.2 Å². The van der Waals surface area contributed by atoms with Crippen LogP contribution in [-0.2, 0) is 9.53 Å². The monoisotopic (exact) mass is 536 g/mol. The van der Waals surface area contributed by atoms with Crippen LogP contribution >= 0.6 is 0 Å². The minimum atomic E-state index is -1.46. The van der Waals surface area contributed by atoms with Gasteiger partial charge in [-0.2, -0.15) is 15.3 Å². The van der Waals surface area contributed by atoms with Gasteiger partial charge in [-0.3, -0.25) is 9.48 Å². The third kappa shape index (κ3) is 6.13. The third-order valence-electron chi connectivity index (χ3n) is 6.78. The van der Waals surface area contributed by atoms with Gasteiger partial charge >= 0.3 is 0 Å². The van der Waals surface area contributed by atoms with Crippen LogP contribution in [0.4, 0.5) is 16.0 Å². The van der Waals surface area contributed by atoms with E-state index in [9.17, 15) is 19.6 Å². The second-order valence-electron chi connectivity index (χ2n) is 9.55. The van der Waals surface area contributed by atoms with Gasteiger partial charge in [0.1, 0.15) is 30.4 Å². The lowest BCUT2D eigenvalue weighted by atomic mass is 10.0. The first-order valence-corrected chi connectivity index (χ1v) is 12.8. The number of alkyl halides is 1. The van der Waals surface area contributed by atoms with Crippen LogP contribution in [0.5, 0.6) is 5.75 Å². The van der Waals surface area contributed by atoms with Crippen molar-refractivity contribution < 1.29 is 23.8 Å². The highest BCUT2D eigenvalue weighted by Gasteiger charge is 2.34. The zero-order chi connectivity index (χ0) is 27.4. The van der Waals surface area contributed by atoms with Crippen LogP contribution in [0.3, 0.4) is 0 Å². The van der Waals surface area contributed by atoms with Gasteiger partial charge in [0.15, 0.2) is 12.0 Å². The Balaban J connectivity index is 1.26. The van der Waals surface area contributed by atoms with Crippen LogP contribution in [0.15, 0.2) is 36.9 Å². The molecule has 2 N–H and O–H groups in total. The summed E-state index contributed by atoms with van der Waals surface area (Å²) in [5.74, 6) is 0.388. The summed E-state index contributed by atoms with van der Waals surface area (Å²) in [7, 11) is 0. The van der Waals surface area contributed by atoms with E-state index in [0.29, 0.717) is 23.4 Å². The molecule has 2 aliphatic heterocycles. The zero-order valence-electron chi connectivity index (χ0n) is 21.4. The van der Waals surface area contributed by atoms with Gasteiger partial charge in [-0.05, 0) is 38.0 Å². The van der Waals surface area contributed by atoms with Gasteiger partial charge in [-0.1, -0.05) is 0 Å². The molecule has 4 heterocycles. The molecule has 3 atom stereocenters. The molecule has 1 amide bonds. The van der Waals surface area contributed by atoms with Crippen LogP contribution in [0.25, 0.3) is 11.4 Å². The molecule has 0 unspecified atom stereocenters. The molecule has 12 nitrogen and oxygen atoms in total. The molecule has 204 valence electrons. The summed E-state index contributed by atoms with van der Waals surface area (Å²) >= 11 is 0. The zero-order valence-corrected chi connectivity index (χ0v) is 21.4.